The van der Waals surface area contributed by atoms with E-state index in [-0.39, 0.29) is 0 Å². The van der Waals surface area contributed by atoms with Crippen molar-refractivity contribution in [1.82, 2.24) is 9.78 Å². The maximum Gasteiger partial charge on any atom is 0.0841 e. The Balaban J connectivity index is 2.18. The molecule has 2 rings (SSSR count). The standard InChI is InChI=1S/C8H12ClN3/c9-7-5-12(4-3-10)11-8(7)6-1-2-6/h5-6H,1-4,10H2. The van der Waals surface area contributed by atoms with Crippen molar-refractivity contribution in [3.63, 3.8) is 0 Å². The van der Waals surface area contributed by atoms with Gasteiger partial charge in [-0.05, 0) is 12.8 Å². The molecule has 1 fully saturated rings. The van der Waals surface area contributed by atoms with Crippen molar-refractivity contribution in [2.45, 2.75) is 25.3 Å². The minimum absolute atomic E-state index is 0.613. The Morgan fingerprint density at radius 3 is 3.00 bits per heavy atom. The Morgan fingerprint density at radius 2 is 2.42 bits per heavy atom. The van der Waals surface area contributed by atoms with Gasteiger partial charge in [-0.2, -0.15) is 5.10 Å². The number of hydrogen-bond acceptors (Lipinski definition) is 2. The largest absolute Gasteiger partial charge is 0.329 e. The average molecular weight is 186 g/mol. The molecule has 66 valence electrons. The Hall–Kier alpha value is -0.540. The number of halogens is 1. The van der Waals surface area contributed by atoms with E-state index in [2.05, 4.69) is 5.10 Å². The summed E-state index contributed by atoms with van der Waals surface area (Å²) in [5, 5.41) is 5.16. The number of aromatic nitrogens is 2. The van der Waals surface area contributed by atoms with E-state index < -0.39 is 0 Å². The molecule has 1 heterocycles. The summed E-state index contributed by atoms with van der Waals surface area (Å²) in [6.07, 6.45) is 4.33. The van der Waals surface area contributed by atoms with Gasteiger partial charge in [-0.15, -0.1) is 0 Å². The number of nitrogens with zero attached hydrogens (tertiary/aromatic N) is 2. The van der Waals surface area contributed by atoms with E-state index in [1.165, 1.54) is 12.8 Å². The van der Waals surface area contributed by atoms with Gasteiger partial charge >= 0.3 is 0 Å². The lowest BCUT2D eigenvalue weighted by molar-refractivity contribution is 0.615. The van der Waals surface area contributed by atoms with Gasteiger partial charge in [-0.3, -0.25) is 4.68 Å². The molecule has 4 heteroatoms. The zero-order chi connectivity index (χ0) is 8.55. The van der Waals surface area contributed by atoms with Crippen LogP contribution in [0.4, 0.5) is 0 Å². The van der Waals surface area contributed by atoms with Crippen LogP contribution in [0.25, 0.3) is 0 Å². The first-order chi connectivity index (χ1) is 5.81. The normalized spacial score (nSPS) is 16.8. The van der Waals surface area contributed by atoms with Gasteiger partial charge < -0.3 is 5.73 Å². The molecule has 0 amide bonds. The van der Waals surface area contributed by atoms with Crippen molar-refractivity contribution in [3.05, 3.63) is 16.9 Å². The van der Waals surface area contributed by atoms with Crippen LogP contribution in [0.3, 0.4) is 0 Å². The van der Waals surface area contributed by atoms with Crippen molar-refractivity contribution in [3.8, 4) is 0 Å². The Bertz CT molecular complexity index is 278. The zero-order valence-corrected chi connectivity index (χ0v) is 7.59. The predicted molar refractivity (Wildman–Crippen MR) is 48.3 cm³/mol. The van der Waals surface area contributed by atoms with E-state index in [4.69, 9.17) is 17.3 Å². The predicted octanol–water partition coefficient (Wildman–Crippen LogP) is 1.37. The van der Waals surface area contributed by atoms with Crippen LogP contribution in [0.5, 0.6) is 0 Å². The van der Waals surface area contributed by atoms with E-state index in [9.17, 15) is 0 Å². The van der Waals surface area contributed by atoms with E-state index in [1.54, 1.807) is 0 Å². The highest BCUT2D eigenvalue weighted by Gasteiger charge is 2.28. The van der Waals surface area contributed by atoms with E-state index in [0.717, 1.165) is 17.3 Å². The van der Waals surface area contributed by atoms with Gasteiger partial charge in [0.2, 0.25) is 0 Å². The van der Waals surface area contributed by atoms with Crippen LogP contribution in [0.1, 0.15) is 24.5 Å². The third kappa shape index (κ3) is 1.47. The smallest absolute Gasteiger partial charge is 0.0841 e. The first-order valence-corrected chi connectivity index (χ1v) is 4.62. The molecule has 0 bridgehead atoms. The highest BCUT2D eigenvalue weighted by atomic mass is 35.5. The number of rotatable bonds is 3. The minimum Gasteiger partial charge on any atom is -0.329 e. The van der Waals surface area contributed by atoms with Crippen LogP contribution >= 0.6 is 11.6 Å². The van der Waals surface area contributed by atoms with Crippen LogP contribution in [-0.4, -0.2) is 16.3 Å². The van der Waals surface area contributed by atoms with Crippen LogP contribution in [0.15, 0.2) is 6.20 Å². The monoisotopic (exact) mass is 185 g/mol. The molecule has 0 aliphatic heterocycles. The van der Waals surface area contributed by atoms with Gasteiger partial charge in [0, 0.05) is 18.7 Å². The highest BCUT2D eigenvalue weighted by molar-refractivity contribution is 6.31. The molecule has 1 aromatic rings. The molecule has 12 heavy (non-hydrogen) atoms. The van der Waals surface area contributed by atoms with Crippen LogP contribution in [-0.2, 0) is 6.54 Å². The second-order valence-electron chi connectivity index (χ2n) is 3.19. The van der Waals surface area contributed by atoms with Crippen molar-refractivity contribution < 1.29 is 0 Å². The van der Waals surface area contributed by atoms with Crippen LogP contribution < -0.4 is 5.73 Å². The summed E-state index contributed by atoms with van der Waals surface area (Å²) in [7, 11) is 0. The van der Waals surface area contributed by atoms with Crippen molar-refractivity contribution in [2.75, 3.05) is 6.54 Å². The fourth-order valence-electron chi connectivity index (χ4n) is 1.29. The summed E-state index contributed by atoms with van der Waals surface area (Å²) < 4.78 is 1.83. The van der Waals surface area contributed by atoms with Gasteiger partial charge in [0.1, 0.15) is 0 Å². The molecule has 1 aliphatic carbocycles. The molecule has 1 aliphatic rings. The summed E-state index contributed by atoms with van der Waals surface area (Å²) in [5.41, 5.74) is 6.47. The zero-order valence-electron chi connectivity index (χ0n) is 6.83. The van der Waals surface area contributed by atoms with Crippen LogP contribution in [0.2, 0.25) is 5.02 Å². The maximum absolute atomic E-state index is 5.99. The molecular weight excluding hydrogens is 174 g/mol. The van der Waals surface area contributed by atoms with Crippen molar-refractivity contribution >= 4 is 11.6 Å². The first-order valence-electron chi connectivity index (χ1n) is 4.24. The Labute approximate surface area is 76.5 Å². The van der Waals surface area contributed by atoms with Crippen molar-refractivity contribution in [2.24, 2.45) is 5.73 Å². The summed E-state index contributed by atoms with van der Waals surface area (Å²) in [6.45, 7) is 1.37. The third-order valence-corrected chi connectivity index (χ3v) is 2.36. The fraction of sp³-hybridized carbons (Fsp3) is 0.625. The van der Waals surface area contributed by atoms with E-state index in [1.807, 2.05) is 10.9 Å². The van der Waals surface area contributed by atoms with Crippen LogP contribution in [0, 0.1) is 0 Å². The molecule has 0 atom stereocenters. The Kier molecular flexibility index (Phi) is 2.07. The average Bonchev–Trinajstić information content (AvgIpc) is 2.79. The molecule has 2 N–H and O–H groups in total. The third-order valence-electron chi connectivity index (χ3n) is 2.07. The van der Waals surface area contributed by atoms with Gasteiger partial charge in [0.05, 0.1) is 17.3 Å². The van der Waals surface area contributed by atoms with E-state index >= 15 is 0 Å². The molecule has 0 spiro atoms. The fourth-order valence-corrected chi connectivity index (χ4v) is 1.60. The summed E-state index contributed by atoms with van der Waals surface area (Å²) >= 11 is 5.99. The van der Waals surface area contributed by atoms with Gasteiger partial charge in [-0.1, -0.05) is 11.6 Å². The van der Waals surface area contributed by atoms with Gasteiger partial charge in [-0.25, -0.2) is 0 Å². The molecule has 0 aromatic carbocycles. The molecule has 0 radical (unpaired) electrons. The Morgan fingerprint density at radius 1 is 1.67 bits per heavy atom. The summed E-state index contributed by atoms with van der Waals surface area (Å²) in [5.74, 6) is 0.622. The lowest BCUT2D eigenvalue weighted by Gasteiger charge is -1.94. The molecular formula is C8H12ClN3. The van der Waals surface area contributed by atoms with Gasteiger partial charge in [0.15, 0.2) is 0 Å². The number of nitrogens with two attached hydrogens (primary N) is 1. The topological polar surface area (TPSA) is 43.8 Å². The maximum atomic E-state index is 5.99. The SMILES string of the molecule is NCCn1cc(Cl)c(C2CC2)n1. The summed E-state index contributed by atoms with van der Waals surface area (Å²) in [4.78, 5) is 0. The quantitative estimate of drug-likeness (QED) is 0.773. The van der Waals surface area contributed by atoms with E-state index in [0.29, 0.717) is 12.5 Å². The lowest BCUT2D eigenvalue weighted by Crippen LogP contribution is -2.10. The minimum atomic E-state index is 0.613. The molecule has 0 saturated heterocycles. The second kappa shape index (κ2) is 3.07. The highest BCUT2D eigenvalue weighted by Crippen LogP contribution is 2.42. The first kappa shape index (κ1) is 8.08. The van der Waals surface area contributed by atoms with Crippen molar-refractivity contribution in [1.29, 1.82) is 0 Å². The lowest BCUT2D eigenvalue weighted by atomic mass is 10.3. The molecule has 1 aromatic heterocycles. The van der Waals surface area contributed by atoms with Gasteiger partial charge in [0.25, 0.3) is 0 Å². The molecule has 1 saturated carbocycles. The number of hydrogen-bond donors (Lipinski definition) is 1. The molecule has 0 unspecified atom stereocenters. The molecule has 3 nitrogen and oxygen atoms in total. The summed E-state index contributed by atoms with van der Waals surface area (Å²) in [6, 6.07) is 0. The second-order valence-corrected chi connectivity index (χ2v) is 3.60.